The van der Waals surface area contributed by atoms with E-state index in [4.69, 9.17) is 0 Å². The van der Waals surface area contributed by atoms with Crippen LogP contribution in [-0.4, -0.2) is 11.5 Å². The molecule has 2 rings (SSSR count). The molecule has 1 aliphatic carbocycles. The maximum absolute atomic E-state index is 4.36. The first-order valence-electron chi connectivity index (χ1n) is 6.17. The Morgan fingerprint density at radius 1 is 1.24 bits per heavy atom. The van der Waals surface area contributed by atoms with E-state index in [2.05, 4.69) is 60.0 Å². The number of pyridine rings is 1. The highest BCUT2D eigenvalue weighted by Gasteiger charge is 2.63. The molecule has 1 N–H and O–H groups in total. The molecule has 0 unspecified atom stereocenters. The molecule has 2 nitrogen and oxygen atoms in total. The van der Waals surface area contributed by atoms with Crippen LogP contribution in [-0.2, 0) is 6.54 Å². The highest BCUT2D eigenvalue weighted by molar-refractivity contribution is 9.10. The van der Waals surface area contributed by atoms with Crippen LogP contribution in [0, 0.1) is 16.7 Å². The smallest absolute Gasteiger partial charge is 0.0542 e. The molecule has 1 aliphatic rings. The summed E-state index contributed by atoms with van der Waals surface area (Å²) in [6.07, 6.45) is 1.85. The van der Waals surface area contributed by atoms with Gasteiger partial charge in [-0.1, -0.05) is 27.7 Å². The number of rotatable bonds is 4. The SMILES string of the molecule is CC1(C)C(CNCc2ccc(Br)cn2)C1(C)C. The summed E-state index contributed by atoms with van der Waals surface area (Å²) >= 11 is 3.39. The van der Waals surface area contributed by atoms with Crippen molar-refractivity contribution in [2.45, 2.75) is 34.2 Å². The van der Waals surface area contributed by atoms with Crippen LogP contribution in [0.3, 0.4) is 0 Å². The molecule has 0 aromatic carbocycles. The number of nitrogens with zero attached hydrogens (tertiary/aromatic N) is 1. The van der Waals surface area contributed by atoms with E-state index in [0.29, 0.717) is 10.8 Å². The minimum Gasteiger partial charge on any atom is -0.311 e. The first-order chi connectivity index (χ1) is 7.85. The second-order valence-corrected chi connectivity index (χ2v) is 7.01. The molecule has 17 heavy (non-hydrogen) atoms. The molecule has 94 valence electrons. The minimum absolute atomic E-state index is 0.465. The number of aromatic nitrogens is 1. The highest BCUT2D eigenvalue weighted by Crippen LogP contribution is 2.67. The summed E-state index contributed by atoms with van der Waals surface area (Å²) in [5, 5.41) is 3.52. The molecule has 0 atom stereocenters. The summed E-state index contributed by atoms with van der Waals surface area (Å²) in [5.41, 5.74) is 2.03. The van der Waals surface area contributed by atoms with Crippen molar-refractivity contribution in [2.24, 2.45) is 16.7 Å². The Morgan fingerprint density at radius 2 is 1.88 bits per heavy atom. The number of hydrogen-bond acceptors (Lipinski definition) is 2. The van der Waals surface area contributed by atoms with Crippen LogP contribution in [0.1, 0.15) is 33.4 Å². The lowest BCUT2D eigenvalue weighted by molar-refractivity contribution is 0.457. The highest BCUT2D eigenvalue weighted by atomic mass is 79.9. The van der Waals surface area contributed by atoms with Crippen LogP contribution < -0.4 is 5.32 Å². The van der Waals surface area contributed by atoms with Crippen molar-refractivity contribution >= 4 is 15.9 Å². The third-order valence-corrected chi connectivity index (χ3v) is 5.23. The molecule has 0 amide bonds. The molecule has 1 heterocycles. The van der Waals surface area contributed by atoms with Crippen LogP contribution in [0.2, 0.25) is 0 Å². The van der Waals surface area contributed by atoms with Crippen LogP contribution in [0.15, 0.2) is 22.8 Å². The van der Waals surface area contributed by atoms with E-state index in [1.807, 2.05) is 12.3 Å². The zero-order chi connectivity index (χ0) is 12.7. The summed E-state index contributed by atoms with van der Waals surface area (Å²) in [5.74, 6) is 0.769. The van der Waals surface area contributed by atoms with E-state index in [1.54, 1.807) is 0 Å². The maximum Gasteiger partial charge on any atom is 0.0542 e. The van der Waals surface area contributed by atoms with Crippen molar-refractivity contribution < 1.29 is 0 Å². The largest absolute Gasteiger partial charge is 0.311 e. The topological polar surface area (TPSA) is 24.9 Å². The van der Waals surface area contributed by atoms with Gasteiger partial charge in [0, 0.05) is 17.2 Å². The van der Waals surface area contributed by atoms with Gasteiger partial charge in [-0.25, -0.2) is 0 Å². The summed E-state index contributed by atoms with van der Waals surface area (Å²) < 4.78 is 1.03. The Balaban J connectivity index is 1.80. The molecule has 1 fully saturated rings. The molecule has 0 saturated heterocycles. The second kappa shape index (κ2) is 4.36. The van der Waals surface area contributed by atoms with Crippen LogP contribution in [0.5, 0.6) is 0 Å². The minimum atomic E-state index is 0.465. The third-order valence-electron chi connectivity index (χ3n) is 4.76. The van der Waals surface area contributed by atoms with Gasteiger partial charge >= 0.3 is 0 Å². The molecule has 0 aliphatic heterocycles. The molecule has 0 bridgehead atoms. The summed E-state index contributed by atoms with van der Waals surface area (Å²) in [6, 6.07) is 4.09. The number of nitrogens with one attached hydrogen (secondary N) is 1. The molecule has 1 aromatic rings. The van der Waals surface area contributed by atoms with Gasteiger partial charge in [0.1, 0.15) is 0 Å². The molecule has 0 spiro atoms. The average Bonchev–Trinajstić information content (AvgIpc) is 2.63. The predicted octanol–water partition coefficient (Wildman–Crippen LogP) is 3.62. The lowest BCUT2D eigenvalue weighted by Gasteiger charge is -2.05. The molecule has 3 heteroatoms. The predicted molar refractivity (Wildman–Crippen MR) is 74.7 cm³/mol. The van der Waals surface area contributed by atoms with Gasteiger partial charge in [0.2, 0.25) is 0 Å². The maximum atomic E-state index is 4.36. The second-order valence-electron chi connectivity index (χ2n) is 6.09. The van der Waals surface area contributed by atoms with Crippen molar-refractivity contribution in [3.05, 3.63) is 28.5 Å². The van der Waals surface area contributed by atoms with E-state index < -0.39 is 0 Å². The fourth-order valence-corrected chi connectivity index (χ4v) is 2.93. The average molecular weight is 297 g/mol. The Morgan fingerprint density at radius 3 is 2.35 bits per heavy atom. The number of hydrogen-bond donors (Lipinski definition) is 1. The van der Waals surface area contributed by atoms with E-state index in [1.165, 1.54) is 0 Å². The van der Waals surface area contributed by atoms with E-state index >= 15 is 0 Å². The monoisotopic (exact) mass is 296 g/mol. The van der Waals surface area contributed by atoms with Gasteiger partial charge < -0.3 is 5.32 Å². The first kappa shape index (κ1) is 13.0. The summed E-state index contributed by atoms with van der Waals surface area (Å²) in [6.45, 7) is 11.4. The van der Waals surface area contributed by atoms with Crippen molar-refractivity contribution in [1.82, 2.24) is 10.3 Å². The van der Waals surface area contributed by atoms with E-state index in [-0.39, 0.29) is 0 Å². The van der Waals surface area contributed by atoms with Gasteiger partial charge in [0.05, 0.1) is 5.69 Å². The fourth-order valence-electron chi connectivity index (χ4n) is 2.70. The van der Waals surface area contributed by atoms with E-state index in [0.717, 1.165) is 29.2 Å². The third kappa shape index (κ3) is 2.41. The lowest BCUT2D eigenvalue weighted by Crippen LogP contribution is -2.19. The van der Waals surface area contributed by atoms with Crippen molar-refractivity contribution in [2.75, 3.05) is 6.54 Å². The first-order valence-corrected chi connectivity index (χ1v) is 6.96. The summed E-state index contributed by atoms with van der Waals surface area (Å²) in [7, 11) is 0. The van der Waals surface area contributed by atoms with Crippen molar-refractivity contribution in [3.63, 3.8) is 0 Å². The molecule has 0 radical (unpaired) electrons. The van der Waals surface area contributed by atoms with Gasteiger partial charge in [-0.15, -0.1) is 0 Å². The Labute approximate surface area is 112 Å². The molecule has 1 saturated carbocycles. The molecular formula is C14H21BrN2. The van der Waals surface area contributed by atoms with Crippen molar-refractivity contribution in [1.29, 1.82) is 0 Å². The number of halogens is 1. The lowest BCUT2D eigenvalue weighted by atomic mass is 10.0. The summed E-state index contributed by atoms with van der Waals surface area (Å²) in [4.78, 5) is 4.36. The normalized spacial score (nSPS) is 21.5. The fraction of sp³-hybridized carbons (Fsp3) is 0.643. The van der Waals surface area contributed by atoms with Gasteiger partial charge in [-0.2, -0.15) is 0 Å². The molecular weight excluding hydrogens is 276 g/mol. The zero-order valence-electron chi connectivity index (χ0n) is 11.0. The van der Waals surface area contributed by atoms with Gasteiger partial charge in [-0.3, -0.25) is 4.98 Å². The van der Waals surface area contributed by atoms with Gasteiger partial charge in [0.25, 0.3) is 0 Å². The molecule has 1 aromatic heterocycles. The van der Waals surface area contributed by atoms with Gasteiger partial charge in [0.15, 0.2) is 0 Å². The van der Waals surface area contributed by atoms with Crippen molar-refractivity contribution in [3.8, 4) is 0 Å². The zero-order valence-corrected chi connectivity index (χ0v) is 12.6. The van der Waals surface area contributed by atoms with E-state index in [9.17, 15) is 0 Å². The van der Waals surface area contributed by atoms with Crippen LogP contribution in [0.4, 0.5) is 0 Å². The Hall–Kier alpha value is -0.410. The Kier molecular flexibility index (Phi) is 3.34. The van der Waals surface area contributed by atoms with Crippen LogP contribution in [0.25, 0.3) is 0 Å². The van der Waals surface area contributed by atoms with Crippen LogP contribution >= 0.6 is 15.9 Å². The quantitative estimate of drug-likeness (QED) is 0.918. The Bertz CT molecular complexity index is 381. The standard InChI is InChI=1S/C14H21BrN2/c1-13(2)12(14(13,3)4)9-16-8-11-6-5-10(15)7-17-11/h5-7,12,16H,8-9H2,1-4H3. The van der Waals surface area contributed by atoms with Gasteiger partial charge in [-0.05, 0) is 51.4 Å².